The fraction of sp³-hybridized carbons (Fsp3) is 0.444. The molecule has 0 amide bonds. The minimum Gasteiger partial charge on any atom is -0.372 e. The van der Waals surface area contributed by atoms with Gasteiger partial charge in [-0.1, -0.05) is 19.8 Å². The first-order valence-electron chi connectivity index (χ1n) is 4.10. The minimum atomic E-state index is 1.03. The molecule has 2 N–H and O–H groups in total. The quantitative estimate of drug-likeness (QED) is 0.621. The molecule has 0 aliphatic carbocycles. The Labute approximate surface area is 68.0 Å². The summed E-state index contributed by atoms with van der Waals surface area (Å²) >= 11 is 0. The van der Waals surface area contributed by atoms with Gasteiger partial charge in [0.1, 0.15) is 5.82 Å². The zero-order chi connectivity index (χ0) is 7.94. The molecule has 11 heavy (non-hydrogen) atoms. The minimum absolute atomic E-state index is 1.03. The molecule has 0 aliphatic rings. The summed E-state index contributed by atoms with van der Waals surface area (Å²) in [7, 11) is 0. The summed E-state index contributed by atoms with van der Waals surface area (Å²) in [6, 6.07) is 4.02. The van der Waals surface area contributed by atoms with Crippen LogP contribution in [0.2, 0.25) is 0 Å². The van der Waals surface area contributed by atoms with Crippen LogP contribution in [0.15, 0.2) is 18.3 Å². The van der Waals surface area contributed by atoms with Gasteiger partial charge in [0.15, 0.2) is 0 Å². The third kappa shape index (κ3) is 3.12. The molecule has 2 heteroatoms. The maximum Gasteiger partial charge on any atom is 0.103 e. The molecule has 1 rings (SSSR count). The van der Waals surface area contributed by atoms with Crippen LogP contribution < -0.4 is 5.32 Å². The average Bonchev–Trinajstić information content (AvgIpc) is 2.50. The lowest BCUT2D eigenvalue weighted by Crippen LogP contribution is -2.00. The van der Waals surface area contributed by atoms with Gasteiger partial charge in [0.2, 0.25) is 0 Å². The summed E-state index contributed by atoms with van der Waals surface area (Å²) in [5.41, 5.74) is 0. The first kappa shape index (κ1) is 8.18. The Morgan fingerprint density at radius 1 is 1.45 bits per heavy atom. The molecule has 0 fully saturated rings. The van der Waals surface area contributed by atoms with Crippen molar-refractivity contribution < 1.29 is 0 Å². The number of aromatic amines is 1. The van der Waals surface area contributed by atoms with E-state index < -0.39 is 0 Å². The first-order valence-corrected chi connectivity index (χ1v) is 4.10. The van der Waals surface area contributed by atoms with Gasteiger partial charge in [-0.15, -0.1) is 0 Å². The van der Waals surface area contributed by atoms with Crippen molar-refractivity contribution in [3.63, 3.8) is 0 Å². The Morgan fingerprint density at radius 3 is 3.00 bits per heavy atom. The molecule has 61 valence electrons. The van der Waals surface area contributed by atoms with Crippen LogP contribution in [0.25, 0.3) is 0 Å². The van der Waals surface area contributed by atoms with Crippen LogP contribution in [0.3, 0.4) is 0 Å². The van der Waals surface area contributed by atoms with E-state index >= 15 is 0 Å². The van der Waals surface area contributed by atoms with Gasteiger partial charge in [-0.05, 0) is 18.6 Å². The molecular weight excluding hydrogens is 136 g/mol. The van der Waals surface area contributed by atoms with Gasteiger partial charge < -0.3 is 10.3 Å². The third-order valence-corrected chi connectivity index (χ3v) is 1.59. The van der Waals surface area contributed by atoms with Gasteiger partial charge in [0.25, 0.3) is 0 Å². The summed E-state index contributed by atoms with van der Waals surface area (Å²) in [5, 5.41) is 3.28. The molecule has 1 heterocycles. The van der Waals surface area contributed by atoms with Gasteiger partial charge >= 0.3 is 0 Å². The van der Waals surface area contributed by atoms with E-state index in [-0.39, 0.29) is 0 Å². The molecule has 0 saturated carbocycles. The number of unbranched alkanes of at least 4 members (excludes halogenated alkanes) is 2. The SMILES string of the molecule is [CH2]CCCCNc1ccc[nH]1. The molecule has 1 aromatic rings. The molecular formula is C9H15N2. The van der Waals surface area contributed by atoms with Crippen molar-refractivity contribution in [2.75, 3.05) is 11.9 Å². The summed E-state index contributed by atoms with van der Waals surface area (Å²) in [6.45, 7) is 4.82. The van der Waals surface area contributed by atoms with Gasteiger partial charge in [-0.25, -0.2) is 0 Å². The number of H-pyrrole nitrogens is 1. The zero-order valence-electron chi connectivity index (χ0n) is 6.77. The smallest absolute Gasteiger partial charge is 0.103 e. The number of hydrogen-bond acceptors (Lipinski definition) is 1. The average molecular weight is 151 g/mol. The number of rotatable bonds is 5. The number of aromatic nitrogens is 1. The Balaban J connectivity index is 2.04. The predicted molar refractivity (Wildman–Crippen MR) is 48.5 cm³/mol. The second-order valence-electron chi connectivity index (χ2n) is 2.57. The molecule has 0 aliphatic heterocycles. The van der Waals surface area contributed by atoms with Crippen LogP contribution in [0.4, 0.5) is 5.82 Å². The third-order valence-electron chi connectivity index (χ3n) is 1.59. The lowest BCUT2D eigenvalue weighted by Gasteiger charge is -2.01. The molecule has 0 saturated heterocycles. The van der Waals surface area contributed by atoms with Crippen LogP contribution in [-0.4, -0.2) is 11.5 Å². The van der Waals surface area contributed by atoms with Crippen molar-refractivity contribution >= 4 is 5.82 Å². The van der Waals surface area contributed by atoms with E-state index in [1.807, 2.05) is 18.3 Å². The second-order valence-corrected chi connectivity index (χ2v) is 2.57. The van der Waals surface area contributed by atoms with Crippen LogP contribution in [-0.2, 0) is 0 Å². The van der Waals surface area contributed by atoms with Crippen LogP contribution in [0, 0.1) is 6.92 Å². The molecule has 0 unspecified atom stereocenters. The van der Waals surface area contributed by atoms with Crippen molar-refractivity contribution in [2.24, 2.45) is 0 Å². The van der Waals surface area contributed by atoms with Crippen molar-refractivity contribution in [3.8, 4) is 0 Å². The van der Waals surface area contributed by atoms with E-state index in [2.05, 4.69) is 17.2 Å². The van der Waals surface area contributed by atoms with Gasteiger partial charge in [0.05, 0.1) is 0 Å². The lowest BCUT2D eigenvalue weighted by molar-refractivity contribution is 0.776. The van der Waals surface area contributed by atoms with Gasteiger partial charge in [-0.3, -0.25) is 0 Å². The lowest BCUT2D eigenvalue weighted by atomic mass is 10.2. The summed E-state index contributed by atoms with van der Waals surface area (Å²) in [4.78, 5) is 3.09. The number of hydrogen-bond donors (Lipinski definition) is 2. The normalized spacial score (nSPS) is 9.91. The van der Waals surface area contributed by atoms with Gasteiger partial charge in [-0.2, -0.15) is 0 Å². The fourth-order valence-electron chi connectivity index (χ4n) is 0.965. The Bertz CT molecular complexity index is 168. The zero-order valence-corrected chi connectivity index (χ0v) is 6.77. The van der Waals surface area contributed by atoms with Crippen molar-refractivity contribution in [2.45, 2.75) is 19.3 Å². The predicted octanol–water partition coefficient (Wildman–Crippen LogP) is 2.43. The molecule has 0 bridgehead atoms. The van der Waals surface area contributed by atoms with E-state index in [1.54, 1.807) is 0 Å². The summed E-state index contributed by atoms with van der Waals surface area (Å²) < 4.78 is 0. The van der Waals surface area contributed by atoms with Crippen molar-refractivity contribution in [1.82, 2.24) is 4.98 Å². The highest BCUT2D eigenvalue weighted by atomic mass is 15.0. The Morgan fingerprint density at radius 2 is 2.36 bits per heavy atom. The van der Waals surface area contributed by atoms with E-state index in [4.69, 9.17) is 0 Å². The highest BCUT2D eigenvalue weighted by molar-refractivity contribution is 5.33. The van der Waals surface area contributed by atoms with Crippen LogP contribution in [0.5, 0.6) is 0 Å². The molecule has 1 radical (unpaired) electrons. The second kappa shape index (κ2) is 4.83. The largest absolute Gasteiger partial charge is 0.372 e. The van der Waals surface area contributed by atoms with E-state index in [1.165, 1.54) is 12.8 Å². The highest BCUT2D eigenvalue weighted by Crippen LogP contribution is 2.01. The molecule has 0 aromatic carbocycles. The molecule has 2 nitrogen and oxygen atoms in total. The van der Waals surface area contributed by atoms with E-state index in [0.29, 0.717) is 0 Å². The standard InChI is InChI=1S/C9H15N2/c1-2-3-4-7-10-9-6-5-8-11-9/h5-6,8,10-11H,1-4,7H2. The highest BCUT2D eigenvalue weighted by Gasteiger charge is 1.88. The van der Waals surface area contributed by atoms with E-state index in [9.17, 15) is 0 Å². The monoisotopic (exact) mass is 151 g/mol. The molecule has 0 atom stereocenters. The maximum atomic E-state index is 3.78. The van der Waals surface area contributed by atoms with Crippen LogP contribution in [0.1, 0.15) is 19.3 Å². The Kier molecular flexibility index (Phi) is 3.59. The van der Waals surface area contributed by atoms with Crippen LogP contribution >= 0.6 is 0 Å². The summed E-state index contributed by atoms with van der Waals surface area (Å²) in [6.07, 6.45) is 5.35. The van der Waals surface area contributed by atoms with Gasteiger partial charge in [0, 0.05) is 12.7 Å². The van der Waals surface area contributed by atoms with E-state index in [0.717, 1.165) is 18.8 Å². The molecule has 0 spiro atoms. The number of anilines is 1. The Hall–Kier alpha value is -0.920. The summed E-state index contributed by atoms with van der Waals surface area (Å²) in [5.74, 6) is 1.11. The molecule has 1 aromatic heterocycles. The maximum absolute atomic E-state index is 3.78. The fourth-order valence-corrected chi connectivity index (χ4v) is 0.965. The van der Waals surface area contributed by atoms with Crippen molar-refractivity contribution in [1.29, 1.82) is 0 Å². The topological polar surface area (TPSA) is 27.8 Å². The first-order chi connectivity index (χ1) is 5.43. The number of nitrogens with one attached hydrogen (secondary N) is 2. The van der Waals surface area contributed by atoms with Crippen molar-refractivity contribution in [3.05, 3.63) is 25.3 Å².